The first-order valence-corrected chi connectivity index (χ1v) is 9.11. The molecule has 0 atom stereocenters. The van der Waals surface area contributed by atoms with Crippen molar-refractivity contribution in [2.45, 2.75) is 56.9 Å². The van der Waals surface area contributed by atoms with Crippen molar-refractivity contribution in [2.75, 3.05) is 19.3 Å². The molecule has 5 heteroatoms. The lowest BCUT2D eigenvalue weighted by Gasteiger charge is -2.35. The Bertz CT molecular complexity index is 479. The summed E-state index contributed by atoms with van der Waals surface area (Å²) >= 11 is 1.71. The number of nitrogens with zero attached hydrogens (tertiary/aromatic N) is 4. The Labute approximate surface area is 132 Å². The summed E-state index contributed by atoms with van der Waals surface area (Å²) in [6.45, 7) is 7.32. The summed E-state index contributed by atoms with van der Waals surface area (Å²) < 4.78 is 1.95. The minimum Gasteiger partial charge on any atom is -0.297 e. The number of aromatic nitrogens is 2. The SMILES string of the molecule is CCC(CC)n1ccc(CN2CCC(C#N)(SC)CC2)n1. The number of piperidine rings is 1. The second-order valence-electron chi connectivity index (χ2n) is 5.84. The van der Waals surface area contributed by atoms with Crippen LogP contribution >= 0.6 is 11.8 Å². The van der Waals surface area contributed by atoms with Crippen molar-refractivity contribution in [1.82, 2.24) is 14.7 Å². The molecular formula is C16H26N4S. The van der Waals surface area contributed by atoms with E-state index in [0.29, 0.717) is 6.04 Å². The molecule has 1 saturated heterocycles. The summed E-state index contributed by atoms with van der Waals surface area (Å²) in [7, 11) is 0. The normalized spacial score (nSPS) is 18.8. The highest BCUT2D eigenvalue weighted by Crippen LogP contribution is 2.34. The molecule has 0 bridgehead atoms. The molecule has 2 heterocycles. The van der Waals surface area contributed by atoms with Gasteiger partial charge in [0.15, 0.2) is 0 Å². The lowest BCUT2D eigenvalue weighted by atomic mass is 9.97. The lowest BCUT2D eigenvalue weighted by molar-refractivity contribution is 0.206. The average molecular weight is 306 g/mol. The highest BCUT2D eigenvalue weighted by atomic mass is 32.2. The number of hydrogen-bond donors (Lipinski definition) is 0. The first-order valence-electron chi connectivity index (χ1n) is 7.89. The third-order valence-corrected chi connectivity index (χ3v) is 5.91. The topological polar surface area (TPSA) is 44.9 Å². The molecule has 0 N–H and O–H groups in total. The predicted octanol–water partition coefficient (Wildman–Crippen LogP) is 3.47. The van der Waals surface area contributed by atoms with Crippen LogP contribution in [-0.4, -0.2) is 38.8 Å². The average Bonchev–Trinajstić information content (AvgIpc) is 2.98. The standard InChI is InChI=1S/C16H26N4S/c1-4-15(5-2)20-9-6-14(18-20)12-19-10-7-16(13-17,21-3)8-11-19/h6,9,15H,4-5,7-8,10-12H2,1-3H3. The second kappa shape index (κ2) is 7.33. The Hall–Kier alpha value is -0.990. The van der Waals surface area contributed by atoms with Crippen LogP contribution in [0.1, 0.15) is 51.3 Å². The van der Waals surface area contributed by atoms with Gasteiger partial charge < -0.3 is 0 Å². The van der Waals surface area contributed by atoms with Gasteiger partial charge in [-0.15, -0.1) is 11.8 Å². The van der Waals surface area contributed by atoms with Gasteiger partial charge in [-0.1, -0.05) is 13.8 Å². The minimum atomic E-state index is -0.161. The van der Waals surface area contributed by atoms with Crippen LogP contribution in [0.5, 0.6) is 0 Å². The molecule has 116 valence electrons. The van der Waals surface area contributed by atoms with Crippen molar-refractivity contribution in [1.29, 1.82) is 5.26 Å². The van der Waals surface area contributed by atoms with E-state index in [9.17, 15) is 5.26 Å². The van der Waals surface area contributed by atoms with E-state index in [2.05, 4.69) is 48.0 Å². The fraction of sp³-hybridized carbons (Fsp3) is 0.750. The molecule has 1 aromatic rings. The number of likely N-dealkylation sites (tertiary alicyclic amines) is 1. The molecule has 0 unspecified atom stereocenters. The first-order chi connectivity index (χ1) is 10.2. The van der Waals surface area contributed by atoms with Gasteiger partial charge >= 0.3 is 0 Å². The maximum absolute atomic E-state index is 9.33. The second-order valence-corrected chi connectivity index (χ2v) is 7.03. The van der Waals surface area contributed by atoms with E-state index >= 15 is 0 Å². The third kappa shape index (κ3) is 3.81. The zero-order valence-electron chi connectivity index (χ0n) is 13.4. The molecule has 1 aliphatic rings. The number of rotatable bonds is 6. The Balaban J connectivity index is 1.91. The van der Waals surface area contributed by atoms with Crippen molar-refractivity contribution < 1.29 is 0 Å². The molecule has 0 amide bonds. The van der Waals surface area contributed by atoms with Crippen LogP contribution < -0.4 is 0 Å². The van der Waals surface area contributed by atoms with Crippen LogP contribution in [0.25, 0.3) is 0 Å². The van der Waals surface area contributed by atoms with Crippen LogP contribution in [0, 0.1) is 11.3 Å². The molecule has 0 aliphatic carbocycles. The summed E-state index contributed by atoms with van der Waals surface area (Å²) in [5, 5.41) is 14.1. The van der Waals surface area contributed by atoms with E-state index < -0.39 is 0 Å². The molecule has 0 saturated carbocycles. The highest BCUT2D eigenvalue weighted by Gasteiger charge is 2.33. The van der Waals surface area contributed by atoms with E-state index in [1.54, 1.807) is 11.8 Å². The van der Waals surface area contributed by atoms with E-state index in [1.807, 2.05) is 0 Å². The molecule has 1 fully saturated rings. The number of thioether (sulfide) groups is 1. The first kappa shape index (κ1) is 16.4. The van der Waals surface area contributed by atoms with E-state index in [-0.39, 0.29) is 4.75 Å². The maximum Gasteiger partial charge on any atom is 0.104 e. The van der Waals surface area contributed by atoms with Gasteiger partial charge in [-0.05, 0) is 38.0 Å². The molecule has 0 radical (unpaired) electrons. The molecular weight excluding hydrogens is 280 g/mol. The summed E-state index contributed by atoms with van der Waals surface area (Å²) in [6.07, 6.45) is 8.32. The molecule has 4 nitrogen and oxygen atoms in total. The molecule has 21 heavy (non-hydrogen) atoms. The van der Waals surface area contributed by atoms with E-state index in [0.717, 1.165) is 51.0 Å². The van der Waals surface area contributed by atoms with Crippen molar-refractivity contribution >= 4 is 11.8 Å². The Morgan fingerprint density at radius 1 is 1.38 bits per heavy atom. The zero-order chi connectivity index (χ0) is 15.3. The van der Waals surface area contributed by atoms with Crippen molar-refractivity contribution in [3.05, 3.63) is 18.0 Å². The van der Waals surface area contributed by atoms with Gasteiger partial charge in [0.2, 0.25) is 0 Å². The molecule has 2 rings (SSSR count). The van der Waals surface area contributed by atoms with Crippen LogP contribution in [0.15, 0.2) is 12.3 Å². The molecule has 1 aromatic heterocycles. The van der Waals surface area contributed by atoms with Gasteiger partial charge in [0.05, 0.1) is 17.8 Å². The van der Waals surface area contributed by atoms with Crippen molar-refractivity contribution in [3.8, 4) is 6.07 Å². The van der Waals surface area contributed by atoms with Gasteiger partial charge in [0.25, 0.3) is 0 Å². The van der Waals surface area contributed by atoms with Crippen LogP contribution in [-0.2, 0) is 6.54 Å². The molecule has 0 aromatic carbocycles. The third-order valence-electron chi connectivity index (χ3n) is 4.62. The highest BCUT2D eigenvalue weighted by molar-refractivity contribution is 8.00. The Morgan fingerprint density at radius 2 is 2.05 bits per heavy atom. The lowest BCUT2D eigenvalue weighted by Crippen LogP contribution is -2.41. The van der Waals surface area contributed by atoms with Crippen LogP contribution in [0.3, 0.4) is 0 Å². The van der Waals surface area contributed by atoms with Gasteiger partial charge in [-0.2, -0.15) is 10.4 Å². The fourth-order valence-electron chi connectivity index (χ4n) is 2.99. The maximum atomic E-state index is 9.33. The number of nitriles is 1. The zero-order valence-corrected chi connectivity index (χ0v) is 14.2. The van der Waals surface area contributed by atoms with Gasteiger partial charge in [0, 0.05) is 25.8 Å². The summed E-state index contributed by atoms with van der Waals surface area (Å²) in [6, 6.07) is 5.16. The van der Waals surface area contributed by atoms with Crippen LogP contribution in [0.2, 0.25) is 0 Å². The van der Waals surface area contributed by atoms with Crippen molar-refractivity contribution in [3.63, 3.8) is 0 Å². The summed E-state index contributed by atoms with van der Waals surface area (Å²) in [4.78, 5) is 2.42. The van der Waals surface area contributed by atoms with Gasteiger partial charge in [-0.25, -0.2) is 0 Å². The van der Waals surface area contributed by atoms with Gasteiger partial charge in [0.1, 0.15) is 4.75 Å². The fourth-order valence-corrected chi connectivity index (χ4v) is 3.67. The minimum absolute atomic E-state index is 0.161. The summed E-state index contributed by atoms with van der Waals surface area (Å²) in [5.41, 5.74) is 1.15. The number of hydrogen-bond acceptors (Lipinski definition) is 4. The van der Waals surface area contributed by atoms with Gasteiger partial charge in [-0.3, -0.25) is 9.58 Å². The van der Waals surface area contributed by atoms with Crippen LogP contribution in [0.4, 0.5) is 0 Å². The van der Waals surface area contributed by atoms with E-state index in [1.165, 1.54) is 0 Å². The molecule has 0 spiro atoms. The monoisotopic (exact) mass is 306 g/mol. The Kier molecular flexibility index (Phi) is 5.72. The largest absolute Gasteiger partial charge is 0.297 e. The summed E-state index contributed by atoms with van der Waals surface area (Å²) in [5.74, 6) is 0. The Morgan fingerprint density at radius 3 is 2.57 bits per heavy atom. The smallest absolute Gasteiger partial charge is 0.104 e. The van der Waals surface area contributed by atoms with E-state index in [4.69, 9.17) is 5.10 Å². The molecule has 1 aliphatic heterocycles. The quantitative estimate of drug-likeness (QED) is 0.807. The van der Waals surface area contributed by atoms with Crippen molar-refractivity contribution in [2.24, 2.45) is 0 Å². The predicted molar refractivity (Wildman–Crippen MR) is 88.2 cm³/mol.